The predicted octanol–water partition coefficient (Wildman–Crippen LogP) is 6.27. The minimum absolute atomic E-state index is 0.0190. The molecule has 4 rings (SSSR count). The highest BCUT2D eigenvalue weighted by Crippen LogP contribution is 2.34. The van der Waals surface area contributed by atoms with Crippen molar-refractivity contribution in [2.24, 2.45) is 0 Å². The number of furan rings is 1. The summed E-state index contributed by atoms with van der Waals surface area (Å²) in [5.41, 5.74) is 1.85. The zero-order valence-electron chi connectivity index (χ0n) is 16.4. The number of rotatable bonds is 7. The number of Topliss-reactive ketones (excluding diaryl/α,β-unsaturated/α-hetero) is 1. The molecule has 3 aromatic carbocycles. The number of methoxy groups -OCH3 is 1. The summed E-state index contributed by atoms with van der Waals surface area (Å²) in [7, 11) is 1.50. The van der Waals surface area contributed by atoms with Crippen LogP contribution in [0.5, 0.6) is 5.75 Å². The molecule has 0 radical (unpaired) electrons. The second-order valence-corrected chi connectivity index (χ2v) is 7.61. The van der Waals surface area contributed by atoms with Gasteiger partial charge in [-0.1, -0.05) is 35.3 Å². The lowest BCUT2D eigenvalue weighted by Gasteiger charge is -2.08. The van der Waals surface area contributed by atoms with Crippen LogP contribution in [0.2, 0.25) is 10.0 Å². The van der Waals surface area contributed by atoms with E-state index in [1.165, 1.54) is 13.2 Å². The zero-order chi connectivity index (χ0) is 22.0. The van der Waals surface area contributed by atoms with Gasteiger partial charge in [0.05, 0.1) is 24.4 Å². The normalized spacial score (nSPS) is 10.8. The largest absolute Gasteiger partial charge is 0.495 e. The monoisotopic (exact) mass is 453 g/mol. The number of carbonyl (C=O) groups is 2. The summed E-state index contributed by atoms with van der Waals surface area (Å²) in [6.07, 6.45) is 0. The molecule has 0 saturated carbocycles. The third-order valence-corrected chi connectivity index (χ3v) is 5.35. The molecule has 0 aliphatic heterocycles. The Bertz CT molecular complexity index is 1280. The SMILES string of the molecule is COc1ccc(C(=O)c2oc3ccccc3c2NCC(=O)c2ccc(Cl)cc2)cc1Cl. The van der Waals surface area contributed by atoms with Gasteiger partial charge in [0.1, 0.15) is 11.3 Å². The number of anilines is 1. The van der Waals surface area contributed by atoms with Gasteiger partial charge in [0.25, 0.3) is 0 Å². The molecule has 1 N–H and O–H groups in total. The summed E-state index contributed by atoms with van der Waals surface area (Å²) in [5.74, 6) is 0.0658. The van der Waals surface area contributed by atoms with Gasteiger partial charge in [-0.05, 0) is 54.6 Å². The smallest absolute Gasteiger partial charge is 0.230 e. The third-order valence-electron chi connectivity index (χ3n) is 4.81. The van der Waals surface area contributed by atoms with Crippen molar-refractivity contribution in [2.75, 3.05) is 19.0 Å². The molecule has 0 unspecified atom stereocenters. The van der Waals surface area contributed by atoms with Crippen LogP contribution in [-0.2, 0) is 0 Å². The van der Waals surface area contributed by atoms with Gasteiger partial charge < -0.3 is 14.5 Å². The van der Waals surface area contributed by atoms with Gasteiger partial charge in [-0.3, -0.25) is 9.59 Å². The Morgan fingerprint density at radius 2 is 1.68 bits per heavy atom. The standard InChI is InChI=1S/C24H17Cl2NO4/c1-30-21-11-8-15(12-18(21)26)23(29)24-22(17-4-2-3-5-20(17)31-24)27-13-19(28)14-6-9-16(25)10-7-14/h2-12,27H,13H2,1H3. The van der Waals surface area contributed by atoms with Crippen molar-refractivity contribution >= 4 is 51.4 Å². The maximum absolute atomic E-state index is 13.2. The highest BCUT2D eigenvalue weighted by molar-refractivity contribution is 6.32. The summed E-state index contributed by atoms with van der Waals surface area (Å²) in [6.45, 7) is -0.0190. The number of hydrogen-bond acceptors (Lipinski definition) is 5. The summed E-state index contributed by atoms with van der Waals surface area (Å²) < 4.78 is 11.0. The lowest BCUT2D eigenvalue weighted by molar-refractivity contribution is 0.0997. The molecule has 156 valence electrons. The first-order valence-electron chi connectivity index (χ1n) is 9.40. The van der Waals surface area contributed by atoms with E-state index in [9.17, 15) is 9.59 Å². The molecule has 0 aliphatic rings. The highest BCUT2D eigenvalue weighted by atomic mass is 35.5. The Balaban J connectivity index is 1.67. The molecule has 0 fully saturated rings. The van der Waals surface area contributed by atoms with Crippen LogP contribution in [0, 0.1) is 0 Å². The molecular weight excluding hydrogens is 437 g/mol. The Morgan fingerprint density at radius 3 is 2.39 bits per heavy atom. The van der Waals surface area contributed by atoms with Crippen LogP contribution in [0.3, 0.4) is 0 Å². The molecule has 0 bridgehead atoms. The number of carbonyl (C=O) groups excluding carboxylic acids is 2. The molecule has 1 heterocycles. The molecule has 4 aromatic rings. The quantitative estimate of drug-likeness (QED) is 0.333. The first-order valence-corrected chi connectivity index (χ1v) is 10.2. The Labute approximate surface area is 188 Å². The van der Waals surface area contributed by atoms with Crippen LogP contribution in [-0.4, -0.2) is 25.2 Å². The number of fused-ring (bicyclic) bond motifs is 1. The van der Waals surface area contributed by atoms with Crippen molar-refractivity contribution in [3.8, 4) is 5.75 Å². The Hall–Kier alpha value is -3.28. The van der Waals surface area contributed by atoms with E-state index in [1.807, 2.05) is 18.2 Å². The molecule has 31 heavy (non-hydrogen) atoms. The van der Waals surface area contributed by atoms with E-state index in [1.54, 1.807) is 42.5 Å². The second-order valence-electron chi connectivity index (χ2n) is 6.76. The number of ketones is 2. The van der Waals surface area contributed by atoms with E-state index < -0.39 is 0 Å². The molecule has 1 aromatic heterocycles. The fourth-order valence-electron chi connectivity index (χ4n) is 3.23. The maximum atomic E-state index is 13.2. The van der Waals surface area contributed by atoms with Gasteiger partial charge in [-0.15, -0.1) is 0 Å². The molecule has 7 heteroatoms. The average molecular weight is 454 g/mol. The Morgan fingerprint density at radius 1 is 0.968 bits per heavy atom. The van der Waals surface area contributed by atoms with Crippen LogP contribution >= 0.6 is 23.2 Å². The van der Waals surface area contributed by atoms with Gasteiger partial charge in [0.15, 0.2) is 11.5 Å². The number of halogens is 2. The maximum Gasteiger partial charge on any atom is 0.230 e. The zero-order valence-corrected chi connectivity index (χ0v) is 18.0. The van der Waals surface area contributed by atoms with E-state index in [0.717, 1.165) is 0 Å². The molecule has 0 aliphatic carbocycles. The van der Waals surface area contributed by atoms with Gasteiger partial charge in [0, 0.05) is 21.5 Å². The molecule has 5 nitrogen and oxygen atoms in total. The minimum atomic E-state index is -0.359. The fourth-order valence-corrected chi connectivity index (χ4v) is 3.61. The average Bonchev–Trinajstić information content (AvgIpc) is 3.16. The van der Waals surface area contributed by atoms with Gasteiger partial charge in [-0.25, -0.2) is 0 Å². The molecular formula is C24H17Cl2NO4. The molecule has 0 saturated heterocycles. The van der Waals surface area contributed by atoms with E-state index >= 15 is 0 Å². The van der Waals surface area contributed by atoms with Crippen LogP contribution in [0.25, 0.3) is 11.0 Å². The van der Waals surface area contributed by atoms with Crippen molar-refractivity contribution in [1.29, 1.82) is 0 Å². The number of benzene rings is 3. The van der Waals surface area contributed by atoms with E-state index in [2.05, 4.69) is 5.32 Å². The highest BCUT2D eigenvalue weighted by Gasteiger charge is 2.23. The minimum Gasteiger partial charge on any atom is -0.495 e. The first kappa shape index (κ1) is 21.0. The van der Waals surface area contributed by atoms with Crippen LogP contribution in [0.4, 0.5) is 5.69 Å². The number of nitrogens with one attached hydrogen (secondary N) is 1. The van der Waals surface area contributed by atoms with Crippen LogP contribution in [0.15, 0.2) is 71.1 Å². The molecule has 0 atom stereocenters. The number of para-hydroxylation sites is 1. The summed E-state index contributed by atoms with van der Waals surface area (Å²) in [5, 5.41) is 4.65. The summed E-state index contributed by atoms with van der Waals surface area (Å²) in [4.78, 5) is 25.8. The van der Waals surface area contributed by atoms with Crippen LogP contribution < -0.4 is 10.1 Å². The van der Waals surface area contributed by atoms with Crippen molar-refractivity contribution in [3.05, 3.63) is 93.7 Å². The van der Waals surface area contributed by atoms with Crippen molar-refractivity contribution in [3.63, 3.8) is 0 Å². The predicted molar refractivity (Wildman–Crippen MR) is 122 cm³/mol. The van der Waals surface area contributed by atoms with Crippen molar-refractivity contribution < 1.29 is 18.7 Å². The number of hydrogen-bond donors (Lipinski definition) is 1. The lowest BCUT2D eigenvalue weighted by atomic mass is 10.1. The molecule has 0 amide bonds. The summed E-state index contributed by atoms with van der Waals surface area (Å²) >= 11 is 12.1. The van der Waals surface area contributed by atoms with Gasteiger partial charge >= 0.3 is 0 Å². The van der Waals surface area contributed by atoms with Gasteiger partial charge in [0.2, 0.25) is 5.78 Å². The van der Waals surface area contributed by atoms with Gasteiger partial charge in [-0.2, -0.15) is 0 Å². The van der Waals surface area contributed by atoms with Crippen molar-refractivity contribution in [2.45, 2.75) is 0 Å². The first-order chi connectivity index (χ1) is 15.0. The summed E-state index contributed by atoms with van der Waals surface area (Å²) in [6, 6.07) is 18.6. The fraction of sp³-hybridized carbons (Fsp3) is 0.0833. The number of ether oxygens (including phenoxy) is 1. The van der Waals surface area contributed by atoms with E-state index in [4.69, 9.17) is 32.4 Å². The third kappa shape index (κ3) is 4.29. The second kappa shape index (κ2) is 8.84. The van der Waals surface area contributed by atoms with E-state index in [-0.39, 0.29) is 23.9 Å². The Kier molecular flexibility index (Phi) is 5.98. The molecule has 0 spiro atoms. The topological polar surface area (TPSA) is 68.5 Å². The van der Waals surface area contributed by atoms with Crippen molar-refractivity contribution in [1.82, 2.24) is 0 Å². The van der Waals surface area contributed by atoms with Crippen LogP contribution in [0.1, 0.15) is 26.5 Å². The lowest BCUT2D eigenvalue weighted by Crippen LogP contribution is -2.15. The van der Waals surface area contributed by atoms with E-state index in [0.29, 0.717) is 43.6 Å².